The summed E-state index contributed by atoms with van der Waals surface area (Å²) < 4.78 is 43.8. The first kappa shape index (κ1) is 18.5. The van der Waals surface area contributed by atoms with Crippen molar-refractivity contribution in [1.29, 1.82) is 0 Å². The third-order valence-electron chi connectivity index (χ3n) is 5.19. The number of piperidine rings is 1. The Kier molecular flexibility index (Phi) is 4.98. The highest BCUT2D eigenvalue weighted by atomic mass is 32.2. The van der Waals surface area contributed by atoms with Gasteiger partial charge >= 0.3 is 6.18 Å². The zero-order chi connectivity index (χ0) is 18.9. The summed E-state index contributed by atoms with van der Waals surface area (Å²) in [6.07, 6.45) is 3.30. The number of halogens is 3. The molecule has 0 bridgehead atoms. The first-order chi connectivity index (χ1) is 12.9. The van der Waals surface area contributed by atoms with E-state index in [0.717, 1.165) is 75.4 Å². The van der Waals surface area contributed by atoms with Crippen LogP contribution in [0.15, 0.2) is 40.6 Å². The Balaban J connectivity index is 1.40. The molecular formula is C18H19F3N4OS. The zero-order valence-electron chi connectivity index (χ0n) is 14.6. The van der Waals surface area contributed by atoms with Crippen molar-refractivity contribution in [2.24, 2.45) is 5.41 Å². The third-order valence-corrected chi connectivity index (χ3v) is 6.10. The minimum Gasteiger partial charge on any atom is -0.381 e. The summed E-state index contributed by atoms with van der Waals surface area (Å²) >= 11 is 1.14. The van der Waals surface area contributed by atoms with Gasteiger partial charge in [-0.15, -0.1) is 0 Å². The summed E-state index contributed by atoms with van der Waals surface area (Å²) in [6, 6.07) is 2.55. The van der Waals surface area contributed by atoms with Gasteiger partial charge in [-0.1, -0.05) is 11.8 Å². The van der Waals surface area contributed by atoms with Crippen LogP contribution in [0.4, 0.5) is 19.0 Å². The molecule has 0 saturated carbocycles. The molecule has 0 amide bonds. The molecule has 4 heterocycles. The van der Waals surface area contributed by atoms with Crippen molar-refractivity contribution >= 4 is 17.6 Å². The van der Waals surface area contributed by atoms with Crippen LogP contribution in [-0.4, -0.2) is 41.3 Å². The van der Waals surface area contributed by atoms with Gasteiger partial charge in [-0.25, -0.2) is 9.97 Å². The Morgan fingerprint density at radius 2 is 1.89 bits per heavy atom. The van der Waals surface area contributed by atoms with Gasteiger partial charge in [0.1, 0.15) is 16.5 Å². The van der Waals surface area contributed by atoms with Gasteiger partial charge in [-0.2, -0.15) is 13.2 Å². The third kappa shape index (κ3) is 4.19. The molecule has 2 saturated heterocycles. The van der Waals surface area contributed by atoms with Crippen LogP contribution in [0.3, 0.4) is 0 Å². The molecule has 0 radical (unpaired) electrons. The summed E-state index contributed by atoms with van der Waals surface area (Å²) in [4.78, 5) is 14.8. The van der Waals surface area contributed by atoms with E-state index in [-0.39, 0.29) is 0 Å². The van der Waals surface area contributed by atoms with Gasteiger partial charge in [0.05, 0.1) is 19.0 Å². The Bertz CT molecular complexity index is 784. The highest BCUT2D eigenvalue weighted by Gasteiger charge is 2.38. The summed E-state index contributed by atoms with van der Waals surface area (Å²) in [7, 11) is 0. The number of nitrogens with zero attached hydrogens (tertiary/aromatic N) is 4. The summed E-state index contributed by atoms with van der Waals surface area (Å²) in [6.45, 7) is 3.55. The van der Waals surface area contributed by atoms with Crippen LogP contribution >= 0.6 is 11.8 Å². The number of rotatable bonds is 3. The maximum absolute atomic E-state index is 12.8. The Hall–Kier alpha value is -1.87. The highest BCUT2D eigenvalue weighted by molar-refractivity contribution is 7.99. The molecule has 2 aromatic rings. The largest absolute Gasteiger partial charge is 0.433 e. The van der Waals surface area contributed by atoms with Crippen LogP contribution in [0, 0.1) is 5.41 Å². The minimum atomic E-state index is -4.46. The van der Waals surface area contributed by atoms with Crippen molar-refractivity contribution in [2.75, 3.05) is 31.2 Å². The van der Waals surface area contributed by atoms with Gasteiger partial charge in [0.15, 0.2) is 0 Å². The van der Waals surface area contributed by atoms with Crippen molar-refractivity contribution in [3.8, 4) is 0 Å². The molecule has 144 valence electrons. The number of pyridine rings is 1. The fourth-order valence-electron chi connectivity index (χ4n) is 3.53. The summed E-state index contributed by atoms with van der Waals surface area (Å²) in [5, 5.41) is 0.552. The molecule has 0 aliphatic carbocycles. The number of alkyl halides is 3. The molecule has 0 aromatic carbocycles. The topological polar surface area (TPSA) is 51.1 Å². The van der Waals surface area contributed by atoms with E-state index in [0.29, 0.717) is 15.3 Å². The van der Waals surface area contributed by atoms with Crippen molar-refractivity contribution in [3.05, 3.63) is 36.4 Å². The van der Waals surface area contributed by atoms with Crippen molar-refractivity contribution < 1.29 is 17.9 Å². The van der Waals surface area contributed by atoms with Gasteiger partial charge in [0.25, 0.3) is 0 Å². The lowest BCUT2D eigenvalue weighted by molar-refractivity contribution is -0.141. The van der Waals surface area contributed by atoms with Crippen molar-refractivity contribution in [1.82, 2.24) is 15.0 Å². The van der Waals surface area contributed by atoms with E-state index < -0.39 is 11.9 Å². The number of aromatic nitrogens is 3. The predicted octanol–water partition coefficient (Wildman–Crippen LogP) is 4.05. The van der Waals surface area contributed by atoms with E-state index in [4.69, 9.17) is 4.74 Å². The number of hydrogen-bond donors (Lipinski definition) is 0. The molecular weight excluding hydrogens is 377 g/mol. The molecule has 0 atom stereocenters. The number of hydrogen-bond acceptors (Lipinski definition) is 6. The van der Waals surface area contributed by atoms with Crippen LogP contribution in [-0.2, 0) is 10.9 Å². The first-order valence-corrected chi connectivity index (χ1v) is 9.61. The molecule has 4 rings (SSSR count). The van der Waals surface area contributed by atoms with Crippen LogP contribution in [0.25, 0.3) is 0 Å². The lowest BCUT2D eigenvalue weighted by atomic mass is 9.78. The van der Waals surface area contributed by atoms with Gasteiger partial charge < -0.3 is 9.64 Å². The summed E-state index contributed by atoms with van der Waals surface area (Å²) in [5.74, 6) is 0.804. The van der Waals surface area contributed by atoms with Crippen LogP contribution in [0.1, 0.15) is 25.0 Å². The lowest BCUT2D eigenvalue weighted by Gasteiger charge is -2.38. The van der Waals surface area contributed by atoms with Crippen LogP contribution in [0.2, 0.25) is 0 Å². The van der Waals surface area contributed by atoms with E-state index in [1.165, 1.54) is 6.07 Å². The van der Waals surface area contributed by atoms with E-state index >= 15 is 0 Å². The average molecular weight is 396 g/mol. The second kappa shape index (κ2) is 7.27. The minimum absolute atomic E-state index is 0.331. The lowest BCUT2D eigenvalue weighted by Crippen LogP contribution is -2.40. The second-order valence-corrected chi connectivity index (χ2v) is 8.07. The van der Waals surface area contributed by atoms with Crippen LogP contribution < -0.4 is 4.90 Å². The molecule has 5 nitrogen and oxygen atoms in total. The Morgan fingerprint density at radius 1 is 1.07 bits per heavy atom. The quantitative estimate of drug-likeness (QED) is 0.780. The fourth-order valence-corrected chi connectivity index (χ4v) is 4.28. The van der Waals surface area contributed by atoms with E-state index in [2.05, 4.69) is 19.9 Å². The smallest absolute Gasteiger partial charge is 0.381 e. The zero-order valence-corrected chi connectivity index (χ0v) is 15.4. The SMILES string of the molecule is FC(F)(F)c1cc(Sc2cnc(N3CCC4(CCOC4)CC3)cn2)ccn1. The average Bonchev–Trinajstić information content (AvgIpc) is 3.11. The molecule has 27 heavy (non-hydrogen) atoms. The maximum atomic E-state index is 12.8. The molecule has 9 heteroatoms. The molecule has 2 aliphatic heterocycles. The van der Waals surface area contributed by atoms with Crippen LogP contribution in [0.5, 0.6) is 0 Å². The Labute approximate surface area is 159 Å². The maximum Gasteiger partial charge on any atom is 0.433 e. The number of anilines is 1. The monoisotopic (exact) mass is 396 g/mol. The van der Waals surface area contributed by atoms with E-state index in [9.17, 15) is 13.2 Å². The summed E-state index contributed by atoms with van der Waals surface area (Å²) in [5.41, 5.74) is -0.577. The molecule has 2 aromatic heterocycles. The second-order valence-electron chi connectivity index (χ2n) is 6.98. The predicted molar refractivity (Wildman–Crippen MR) is 94.7 cm³/mol. The normalized spacial score (nSPS) is 19.6. The molecule has 0 N–H and O–H groups in total. The van der Waals surface area contributed by atoms with Gasteiger partial charge in [0.2, 0.25) is 0 Å². The van der Waals surface area contributed by atoms with Gasteiger partial charge in [-0.3, -0.25) is 4.98 Å². The Morgan fingerprint density at radius 3 is 2.52 bits per heavy atom. The van der Waals surface area contributed by atoms with Gasteiger partial charge in [0, 0.05) is 30.8 Å². The van der Waals surface area contributed by atoms with E-state index in [1.807, 2.05) is 0 Å². The van der Waals surface area contributed by atoms with Crippen molar-refractivity contribution in [2.45, 2.75) is 35.4 Å². The molecule has 2 aliphatic rings. The van der Waals surface area contributed by atoms with Gasteiger partial charge in [-0.05, 0) is 36.8 Å². The highest BCUT2D eigenvalue weighted by Crippen LogP contribution is 2.40. The molecule has 0 unspecified atom stereocenters. The molecule has 1 spiro atoms. The standard InChI is InChI=1S/C18H19F3N4OS/c19-18(20,21)14-9-13(1-5-22-14)27-16-11-23-15(10-24-16)25-6-2-17(3-7-25)4-8-26-12-17/h1,5,9-11H,2-4,6-8,12H2. The number of ether oxygens (including phenoxy) is 1. The van der Waals surface area contributed by atoms with Crippen molar-refractivity contribution in [3.63, 3.8) is 0 Å². The fraction of sp³-hybridized carbons (Fsp3) is 0.500. The first-order valence-electron chi connectivity index (χ1n) is 8.79. The molecule has 2 fully saturated rings. The van der Waals surface area contributed by atoms with E-state index in [1.54, 1.807) is 12.4 Å².